The zero-order valence-electron chi connectivity index (χ0n) is 15.6. The first kappa shape index (κ1) is 20.7. The van der Waals surface area contributed by atoms with E-state index in [2.05, 4.69) is 5.32 Å². The lowest BCUT2D eigenvalue weighted by molar-refractivity contribution is -0.0258. The Kier molecular flexibility index (Phi) is 6.78. The molecular formula is C18H22N2O6S. The molecule has 0 fully saturated rings. The first-order chi connectivity index (χ1) is 12.8. The summed E-state index contributed by atoms with van der Waals surface area (Å²) < 4.78 is 35.5. The Balaban J connectivity index is 2.07. The second kappa shape index (κ2) is 8.85. The van der Waals surface area contributed by atoms with Crippen molar-refractivity contribution in [1.29, 1.82) is 0 Å². The van der Waals surface area contributed by atoms with Gasteiger partial charge in [-0.1, -0.05) is 10.5 Å². The van der Waals surface area contributed by atoms with Crippen molar-refractivity contribution >= 4 is 15.9 Å². The number of hydrogen-bond acceptors (Lipinski definition) is 6. The molecular weight excluding hydrogens is 372 g/mol. The van der Waals surface area contributed by atoms with Crippen molar-refractivity contribution in [1.82, 2.24) is 9.79 Å². The molecule has 0 radical (unpaired) electrons. The Hall–Kier alpha value is -2.62. The lowest BCUT2D eigenvalue weighted by atomic mass is 10.1. The van der Waals surface area contributed by atoms with Gasteiger partial charge in [0.2, 0.25) is 0 Å². The van der Waals surface area contributed by atoms with Crippen LogP contribution in [0.1, 0.15) is 15.9 Å². The van der Waals surface area contributed by atoms with Gasteiger partial charge in [-0.25, -0.2) is 8.42 Å². The molecule has 0 spiro atoms. The van der Waals surface area contributed by atoms with Gasteiger partial charge in [-0.05, 0) is 42.0 Å². The highest BCUT2D eigenvalue weighted by molar-refractivity contribution is 7.89. The minimum atomic E-state index is -3.75. The maximum Gasteiger partial charge on any atom is 0.264 e. The smallest absolute Gasteiger partial charge is 0.264 e. The van der Waals surface area contributed by atoms with Gasteiger partial charge in [0.15, 0.2) is 11.5 Å². The SMILES string of the molecule is COc1ccc(CNC(=O)c2ccc(S(=O)(=O)N(C)OC)cc2)cc1OC. The number of ether oxygens (including phenoxy) is 2. The summed E-state index contributed by atoms with van der Waals surface area (Å²) in [6.07, 6.45) is 0. The fourth-order valence-corrected chi connectivity index (χ4v) is 3.27. The Morgan fingerprint density at radius 1 is 1.00 bits per heavy atom. The topological polar surface area (TPSA) is 94.2 Å². The van der Waals surface area contributed by atoms with E-state index < -0.39 is 10.0 Å². The van der Waals surface area contributed by atoms with Gasteiger partial charge in [0.25, 0.3) is 15.9 Å². The Labute approximate surface area is 158 Å². The second-order valence-electron chi connectivity index (χ2n) is 5.49. The molecule has 8 nitrogen and oxygen atoms in total. The molecule has 27 heavy (non-hydrogen) atoms. The summed E-state index contributed by atoms with van der Waals surface area (Å²) in [6, 6.07) is 11.0. The summed E-state index contributed by atoms with van der Waals surface area (Å²) in [5, 5.41) is 2.78. The summed E-state index contributed by atoms with van der Waals surface area (Å²) in [7, 11) is 1.89. The summed E-state index contributed by atoms with van der Waals surface area (Å²) in [5.41, 5.74) is 1.18. The van der Waals surface area contributed by atoms with Crippen LogP contribution in [0.25, 0.3) is 0 Å². The van der Waals surface area contributed by atoms with E-state index in [1.165, 1.54) is 45.5 Å². The van der Waals surface area contributed by atoms with Gasteiger partial charge in [0, 0.05) is 19.2 Å². The molecule has 0 saturated carbocycles. The van der Waals surface area contributed by atoms with Crippen LogP contribution in [0.4, 0.5) is 0 Å². The van der Waals surface area contributed by atoms with Crippen LogP contribution in [0, 0.1) is 0 Å². The van der Waals surface area contributed by atoms with Gasteiger partial charge in [-0.2, -0.15) is 0 Å². The number of carbonyl (C=O) groups is 1. The average Bonchev–Trinajstić information content (AvgIpc) is 2.70. The van der Waals surface area contributed by atoms with Crippen molar-refractivity contribution < 1.29 is 27.5 Å². The van der Waals surface area contributed by atoms with Crippen molar-refractivity contribution in [3.05, 3.63) is 53.6 Å². The zero-order valence-corrected chi connectivity index (χ0v) is 16.4. The molecule has 0 aromatic heterocycles. The molecule has 0 aliphatic rings. The standard InChI is InChI=1S/C18H22N2O6S/c1-20(26-4)27(22,23)15-8-6-14(7-9-15)18(21)19-12-13-5-10-16(24-2)17(11-13)25-3/h5-11H,12H2,1-4H3,(H,19,21). The number of nitrogens with one attached hydrogen (secondary N) is 1. The maximum atomic E-state index is 12.3. The van der Waals surface area contributed by atoms with Gasteiger partial charge >= 0.3 is 0 Å². The van der Waals surface area contributed by atoms with E-state index in [1.54, 1.807) is 19.2 Å². The van der Waals surface area contributed by atoms with Crippen LogP contribution < -0.4 is 14.8 Å². The van der Waals surface area contributed by atoms with E-state index in [-0.39, 0.29) is 17.3 Å². The zero-order chi connectivity index (χ0) is 20.0. The van der Waals surface area contributed by atoms with Gasteiger partial charge in [0.1, 0.15) is 0 Å². The van der Waals surface area contributed by atoms with Crippen molar-refractivity contribution in [3.8, 4) is 11.5 Å². The molecule has 9 heteroatoms. The van der Waals surface area contributed by atoms with Gasteiger partial charge in [-0.15, -0.1) is 0 Å². The minimum absolute atomic E-state index is 0.0308. The molecule has 0 heterocycles. The van der Waals surface area contributed by atoms with E-state index >= 15 is 0 Å². The predicted octanol–water partition coefficient (Wildman–Crippen LogP) is 1.82. The highest BCUT2D eigenvalue weighted by atomic mass is 32.2. The molecule has 0 aliphatic heterocycles. The molecule has 0 atom stereocenters. The first-order valence-electron chi connectivity index (χ1n) is 7.95. The van der Waals surface area contributed by atoms with Crippen molar-refractivity contribution in [2.24, 2.45) is 0 Å². The number of carbonyl (C=O) groups excluding carboxylic acids is 1. The Bertz CT molecular complexity index is 897. The Morgan fingerprint density at radius 2 is 1.63 bits per heavy atom. The van der Waals surface area contributed by atoms with Crippen LogP contribution in [0.15, 0.2) is 47.4 Å². The van der Waals surface area contributed by atoms with Crippen LogP contribution in [-0.2, 0) is 21.4 Å². The molecule has 1 amide bonds. The van der Waals surface area contributed by atoms with E-state index in [0.29, 0.717) is 17.1 Å². The molecule has 0 aliphatic carbocycles. The summed E-state index contributed by atoms with van der Waals surface area (Å²) >= 11 is 0. The number of nitrogens with zero attached hydrogens (tertiary/aromatic N) is 1. The largest absolute Gasteiger partial charge is 0.493 e. The molecule has 2 rings (SSSR count). The van der Waals surface area contributed by atoms with Gasteiger partial charge in [-0.3, -0.25) is 9.63 Å². The number of rotatable bonds is 8. The predicted molar refractivity (Wildman–Crippen MR) is 99.1 cm³/mol. The summed E-state index contributed by atoms with van der Waals surface area (Å²) in [4.78, 5) is 17.0. The third-order valence-electron chi connectivity index (χ3n) is 3.91. The van der Waals surface area contributed by atoms with E-state index in [0.717, 1.165) is 10.0 Å². The highest BCUT2D eigenvalue weighted by Crippen LogP contribution is 2.27. The fraction of sp³-hybridized carbons (Fsp3) is 0.278. The Morgan fingerprint density at radius 3 is 2.19 bits per heavy atom. The minimum Gasteiger partial charge on any atom is -0.493 e. The van der Waals surface area contributed by atoms with Crippen molar-refractivity contribution in [2.45, 2.75) is 11.4 Å². The monoisotopic (exact) mass is 394 g/mol. The lowest BCUT2D eigenvalue weighted by Gasteiger charge is -2.14. The molecule has 0 unspecified atom stereocenters. The second-order valence-corrected chi connectivity index (χ2v) is 7.43. The van der Waals surface area contributed by atoms with E-state index in [1.807, 2.05) is 6.07 Å². The van der Waals surface area contributed by atoms with Crippen molar-refractivity contribution in [2.75, 3.05) is 28.4 Å². The van der Waals surface area contributed by atoms with E-state index in [4.69, 9.17) is 14.3 Å². The van der Waals surface area contributed by atoms with Crippen LogP contribution >= 0.6 is 0 Å². The molecule has 2 aromatic carbocycles. The van der Waals surface area contributed by atoms with E-state index in [9.17, 15) is 13.2 Å². The third-order valence-corrected chi connectivity index (χ3v) is 5.60. The van der Waals surface area contributed by atoms with Gasteiger partial charge < -0.3 is 14.8 Å². The number of methoxy groups -OCH3 is 2. The summed E-state index contributed by atoms with van der Waals surface area (Å²) in [5.74, 6) is 0.848. The number of hydrogen-bond donors (Lipinski definition) is 1. The molecule has 1 N–H and O–H groups in total. The van der Waals surface area contributed by atoms with Crippen LogP contribution in [-0.4, -0.2) is 47.2 Å². The number of sulfonamides is 1. The third kappa shape index (κ3) is 4.76. The number of benzene rings is 2. The van der Waals surface area contributed by atoms with Crippen LogP contribution in [0.5, 0.6) is 11.5 Å². The van der Waals surface area contributed by atoms with Crippen LogP contribution in [0.3, 0.4) is 0 Å². The number of amides is 1. The van der Waals surface area contributed by atoms with Crippen molar-refractivity contribution in [3.63, 3.8) is 0 Å². The highest BCUT2D eigenvalue weighted by Gasteiger charge is 2.21. The van der Waals surface area contributed by atoms with Gasteiger partial charge in [0.05, 0.1) is 26.2 Å². The molecule has 0 saturated heterocycles. The normalized spacial score (nSPS) is 11.3. The lowest BCUT2D eigenvalue weighted by Crippen LogP contribution is -2.26. The average molecular weight is 394 g/mol. The first-order valence-corrected chi connectivity index (χ1v) is 9.39. The molecule has 2 aromatic rings. The van der Waals surface area contributed by atoms with Crippen LogP contribution in [0.2, 0.25) is 0 Å². The quantitative estimate of drug-likeness (QED) is 0.687. The maximum absolute atomic E-state index is 12.3. The summed E-state index contributed by atoms with van der Waals surface area (Å²) in [6.45, 7) is 0.283. The number of hydroxylamine groups is 1. The molecule has 0 bridgehead atoms. The molecule has 146 valence electrons. The fourth-order valence-electron chi connectivity index (χ4n) is 2.30.